The molecule has 0 fully saturated rings. The smallest absolute Gasteiger partial charge is 0.330 e. The van der Waals surface area contributed by atoms with Gasteiger partial charge < -0.3 is 4.74 Å². The summed E-state index contributed by atoms with van der Waals surface area (Å²) >= 11 is 0. The Labute approximate surface area is 99.4 Å². The Kier molecular flexibility index (Phi) is 11.2. The third kappa shape index (κ3) is 11.0. The van der Waals surface area contributed by atoms with Crippen molar-refractivity contribution in [2.45, 2.75) is 51.9 Å². The van der Waals surface area contributed by atoms with Crippen molar-refractivity contribution in [1.29, 1.82) is 0 Å². The molecule has 0 spiro atoms. The highest BCUT2D eigenvalue weighted by Gasteiger charge is 1.90. The summed E-state index contributed by atoms with van der Waals surface area (Å²) in [5.41, 5.74) is 0. The fraction of sp³-hybridized carbons (Fsp3) is 0.643. The Bertz CT molecular complexity index is 207. The van der Waals surface area contributed by atoms with Gasteiger partial charge in [0.15, 0.2) is 0 Å². The van der Waals surface area contributed by atoms with E-state index >= 15 is 0 Å². The van der Waals surface area contributed by atoms with Crippen LogP contribution in [-0.2, 0) is 9.53 Å². The fourth-order valence-corrected chi connectivity index (χ4v) is 1.42. The molecule has 0 unspecified atom stereocenters. The van der Waals surface area contributed by atoms with Crippen molar-refractivity contribution in [3.63, 3.8) is 0 Å². The van der Waals surface area contributed by atoms with Crippen LogP contribution in [0.15, 0.2) is 24.8 Å². The summed E-state index contributed by atoms with van der Waals surface area (Å²) in [7, 11) is 0. The van der Waals surface area contributed by atoms with Crippen LogP contribution in [0.3, 0.4) is 0 Å². The van der Waals surface area contributed by atoms with Crippen molar-refractivity contribution in [2.24, 2.45) is 0 Å². The van der Waals surface area contributed by atoms with E-state index in [4.69, 9.17) is 4.74 Å². The van der Waals surface area contributed by atoms with Crippen LogP contribution in [0.2, 0.25) is 0 Å². The lowest BCUT2D eigenvalue weighted by Crippen LogP contribution is -1.98. The summed E-state index contributed by atoms with van der Waals surface area (Å²) in [4.78, 5) is 10.7. The number of carbonyl (C=O) groups excluding carboxylic acids is 1. The Morgan fingerprint density at radius 3 is 2.50 bits per heavy atom. The minimum absolute atomic E-state index is 0.357. The lowest BCUT2D eigenvalue weighted by Gasteiger charge is -1.98. The van der Waals surface area contributed by atoms with Gasteiger partial charge in [-0.3, -0.25) is 0 Å². The van der Waals surface area contributed by atoms with Gasteiger partial charge in [-0.25, -0.2) is 4.79 Å². The molecule has 0 aromatic rings. The molecular formula is C14H24O2. The topological polar surface area (TPSA) is 26.3 Å². The van der Waals surface area contributed by atoms with Crippen molar-refractivity contribution in [1.82, 2.24) is 0 Å². The molecule has 0 atom stereocenters. The first-order valence-corrected chi connectivity index (χ1v) is 6.25. The summed E-state index contributed by atoms with van der Waals surface area (Å²) < 4.78 is 4.81. The van der Waals surface area contributed by atoms with Crippen LogP contribution in [0.5, 0.6) is 0 Å². The van der Waals surface area contributed by atoms with E-state index in [1.807, 2.05) is 6.08 Å². The lowest BCUT2D eigenvalue weighted by atomic mass is 10.1. The molecule has 0 rings (SSSR count). The predicted octanol–water partition coefficient (Wildman–Crippen LogP) is 4.02. The number of carbonyl (C=O) groups is 1. The van der Waals surface area contributed by atoms with Crippen LogP contribution >= 0.6 is 0 Å². The average molecular weight is 224 g/mol. The van der Waals surface area contributed by atoms with Crippen molar-refractivity contribution in [3.8, 4) is 0 Å². The van der Waals surface area contributed by atoms with Crippen LogP contribution in [0.4, 0.5) is 0 Å². The summed E-state index contributed by atoms with van der Waals surface area (Å²) in [5, 5.41) is 0. The molecule has 0 aliphatic carbocycles. The minimum Gasteiger partial charge on any atom is -0.458 e. The normalized spacial score (nSPS) is 10.6. The van der Waals surface area contributed by atoms with Gasteiger partial charge in [0.05, 0.1) is 0 Å². The maximum atomic E-state index is 10.7. The van der Waals surface area contributed by atoms with Crippen molar-refractivity contribution >= 4 is 5.97 Å². The van der Waals surface area contributed by atoms with Gasteiger partial charge in [-0.15, -0.1) is 0 Å². The zero-order chi connectivity index (χ0) is 12.1. The molecule has 0 radical (unpaired) electrons. The van der Waals surface area contributed by atoms with Crippen molar-refractivity contribution in [2.75, 3.05) is 6.61 Å². The molecule has 0 aliphatic rings. The Morgan fingerprint density at radius 1 is 1.12 bits per heavy atom. The summed E-state index contributed by atoms with van der Waals surface area (Å²) in [6, 6.07) is 0. The summed E-state index contributed by atoms with van der Waals surface area (Å²) in [6.45, 7) is 5.92. The van der Waals surface area contributed by atoms with E-state index in [-0.39, 0.29) is 5.97 Å². The second-order valence-electron chi connectivity index (χ2n) is 3.86. The third-order valence-electron chi connectivity index (χ3n) is 2.38. The SMILES string of the molecule is C=CC(=O)OCC=CCCCCCCCC. The number of unbranched alkanes of at least 4 members (excludes halogenated alkanes) is 6. The number of allylic oxidation sites excluding steroid dienone is 1. The first-order chi connectivity index (χ1) is 7.81. The van der Waals surface area contributed by atoms with Crippen molar-refractivity contribution in [3.05, 3.63) is 24.8 Å². The van der Waals surface area contributed by atoms with Gasteiger partial charge in [-0.2, -0.15) is 0 Å². The Morgan fingerprint density at radius 2 is 1.81 bits per heavy atom. The molecule has 0 bridgehead atoms. The molecule has 0 amide bonds. The molecule has 0 saturated carbocycles. The maximum Gasteiger partial charge on any atom is 0.330 e. The predicted molar refractivity (Wildman–Crippen MR) is 68.3 cm³/mol. The zero-order valence-corrected chi connectivity index (χ0v) is 10.4. The molecule has 0 aromatic heterocycles. The number of ether oxygens (including phenoxy) is 1. The van der Waals surface area contributed by atoms with E-state index in [0.29, 0.717) is 6.61 Å². The van der Waals surface area contributed by atoms with Crippen LogP contribution < -0.4 is 0 Å². The van der Waals surface area contributed by atoms with Crippen LogP contribution in [0.1, 0.15) is 51.9 Å². The molecule has 16 heavy (non-hydrogen) atoms. The van der Waals surface area contributed by atoms with Crippen molar-refractivity contribution < 1.29 is 9.53 Å². The number of hydrogen-bond acceptors (Lipinski definition) is 2. The minimum atomic E-state index is -0.357. The molecule has 2 nitrogen and oxygen atoms in total. The molecule has 0 aromatic carbocycles. The van der Waals surface area contributed by atoms with E-state index in [1.165, 1.54) is 44.6 Å². The van der Waals surface area contributed by atoms with E-state index in [2.05, 4.69) is 19.6 Å². The Balaban J connectivity index is 3.15. The lowest BCUT2D eigenvalue weighted by molar-refractivity contribution is -0.136. The van der Waals surface area contributed by atoms with Gasteiger partial charge >= 0.3 is 5.97 Å². The highest BCUT2D eigenvalue weighted by atomic mass is 16.5. The number of hydrogen-bond donors (Lipinski definition) is 0. The standard InChI is InChI=1S/C14H24O2/c1-3-5-6-7-8-9-10-11-12-13-16-14(15)4-2/h4,11-12H,2-3,5-10,13H2,1H3. The largest absolute Gasteiger partial charge is 0.458 e. The van der Waals surface area contributed by atoms with Gasteiger partial charge in [0.25, 0.3) is 0 Å². The van der Waals surface area contributed by atoms with Crippen LogP contribution in [-0.4, -0.2) is 12.6 Å². The quantitative estimate of drug-likeness (QED) is 0.242. The monoisotopic (exact) mass is 224 g/mol. The second-order valence-corrected chi connectivity index (χ2v) is 3.86. The van der Waals surface area contributed by atoms with Gasteiger partial charge in [0.2, 0.25) is 0 Å². The molecule has 2 heteroatoms. The van der Waals surface area contributed by atoms with Crippen LogP contribution in [0.25, 0.3) is 0 Å². The summed E-state index contributed by atoms with van der Waals surface area (Å²) in [6.07, 6.45) is 14.1. The van der Waals surface area contributed by atoms with E-state index in [0.717, 1.165) is 6.42 Å². The number of esters is 1. The van der Waals surface area contributed by atoms with Crippen LogP contribution in [0, 0.1) is 0 Å². The molecule has 0 aliphatic heterocycles. The van der Waals surface area contributed by atoms with Gasteiger partial charge in [-0.05, 0) is 12.8 Å². The second kappa shape index (κ2) is 12.0. The van der Waals surface area contributed by atoms with E-state index < -0.39 is 0 Å². The average Bonchev–Trinajstić information content (AvgIpc) is 2.31. The van der Waals surface area contributed by atoms with Gasteiger partial charge in [0.1, 0.15) is 6.61 Å². The molecule has 0 N–H and O–H groups in total. The molecule has 0 saturated heterocycles. The highest BCUT2D eigenvalue weighted by molar-refractivity contribution is 5.81. The zero-order valence-electron chi connectivity index (χ0n) is 10.4. The molecular weight excluding hydrogens is 200 g/mol. The fourth-order valence-electron chi connectivity index (χ4n) is 1.42. The third-order valence-corrected chi connectivity index (χ3v) is 2.38. The first-order valence-electron chi connectivity index (χ1n) is 6.25. The van der Waals surface area contributed by atoms with Gasteiger partial charge in [-0.1, -0.05) is 57.8 Å². The summed E-state index contributed by atoms with van der Waals surface area (Å²) in [5.74, 6) is -0.357. The Hall–Kier alpha value is -1.05. The van der Waals surface area contributed by atoms with E-state index in [9.17, 15) is 4.79 Å². The number of rotatable bonds is 10. The first kappa shape index (κ1) is 14.9. The maximum absolute atomic E-state index is 10.7. The van der Waals surface area contributed by atoms with Gasteiger partial charge in [0, 0.05) is 6.08 Å². The molecule has 0 heterocycles. The molecule has 92 valence electrons. The highest BCUT2D eigenvalue weighted by Crippen LogP contribution is 2.06. The van der Waals surface area contributed by atoms with E-state index in [1.54, 1.807) is 0 Å².